The molecule has 0 N–H and O–H groups in total. The lowest BCUT2D eigenvalue weighted by Gasteiger charge is -2.33. The van der Waals surface area contributed by atoms with Crippen molar-refractivity contribution in [2.24, 2.45) is 0 Å². The number of halogens is 2. The van der Waals surface area contributed by atoms with E-state index < -0.39 is 0 Å². The van der Waals surface area contributed by atoms with Gasteiger partial charge in [-0.2, -0.15) is 0 Å². The minimum atomic E-state index is 0.0482. The molecule has 0 aliphatic carbocycles. The molecule has 0 atom stereocenters. The molecule has 1 heterocycles. The van der Waals surface area contributed by atoms with Crippen molar-refractivity contribution in [2.45, 2.75) is 85.5 Å². The maximum absolute atomic E-state index is 6.67. The van der Waals surface area contributed by atoms with Crippen LogP contribution in [0.5, 0.6) is 11.5 Å². The van der Waals surface area contributed by atoms with Gasteiger partial charge in [-0.25, -0.2) is 0 Å². The first-order chi connectivity index (χ1) is 33.7. The van der Waals surface area contributed by atoms with Crippen molar-refractivity contribution in [3.63, 3.8) is 0 Å². The van der Waals surface area contributed by atoms with Crippen LogP contribution in [0.25, 0.3) is 66.8 Å². The highest BCUT2D eigenvalue weighted by molar-refractivity contribution is 9.10. The summed E-state index contributed by atoms with van der Waals surface area (Å²) in [6, 6.07) is 70.3. The average molecular weight is 1060 g/mol. The van der Waals surface area contributed by atoms with Gasteiger partial charge in [0.15, 0.2) is 11.5 Å². The van der Waals surface area contributed by atoms with Gasteiger partial charge >= 0.3 is 0 Å². The largest absolute Gasteiger partial charge is 0.453 e. The second-order valence-corrected chi connectivity index (χ2v) is 24.2. The van der Waals surface area contributed by atoms with E-state index in [0.717, 1.165) is 59.8 Å². The SMILES string of the molecule is Cc1ccc(-c2cc(-c3ccc(C(C)(C)C)cc3)cc(-c3cc(-c4cc(-c5ccc(C(C)(C)C)cc5)cc(-c5ccc(C(C)(C)C)cc5)c4)cc(N4c5ccc(Br)cc5Oc5cc(Br)ccc54)c3)c2)cc1. The Balaban J connectivity index is 1.24. The van der Waals surface area contributed by atoms with Crippen LogP contribution in [0.4, 0.5) is 17.1 Å². The Labute approximate surface area is 438 Å². The summed E-state index contributed by atoms with van der Waals surface area (Å²) in [7, 11) is 0. The zero-order valence-electron chi connectivity index (χ0n) is 42.5. The predicted octanol–water partition coefficient (Wildman–Crippen LogP) is 21.0. The van der Waals surface area contributed by atoms with Crippen LogP contribution in [0, 0.1) is 6.92 Å². The van der Waals surface area contributed by atoms with Crippen molar-refractivity contribution in [1.29, 1.82) is 0 Å². The van der Waals surface area contributed by atoms with Crippen LogP contribution in [0.15, 0.2) is 197 Å². The number of ether oxygens (including phenoxy) is 1. The number of anilines is 3. The fourth-order valence-corrected chi connectivity index (χ4v) is 10.3. The van der Waals surface area contributed by atoms with Crippen LogP contribution in [0.1, 0.15) is 84.6 Å². The van der Waals surface area contributed by atoms with E-state index in [1.54, 1.807) is 0 Å². The summed E-state index contributed by atoms with van der Waals surface area (Å²) in [5.41, 5.74) is 22.2. The smallest absolute Gasteiger partial charge is 0.152 e. The highest BCUT2D eigenvalue weighted by Crippen LogP contribution is 2.53. The van der Waals surface area contributed by atoms with Gasteiger partial charge in [-0.1, -0.05) is 197 Å². The third-order valence-electron chi connectivity index (χ3n) is 13.9. The Morgan fingerprint density at radius 2 is 0.577 bits per heavy atom. The zero-order valence-corrected chi connectivity index (χ0v) is 45.7. The molecule has 0 radical (unpaired) electrons. The molecular weight excluding hydrogens is 995 g/mol. The molecule has 0 aromatic heterocycles. The summed E-state index contributed by atoms with van der Waals surface area (Å²) in [4.78, 5) is 2.36. The molecule has 1 aliphatic rings. The molecule has 9 aromatic carbocycles. The van der Waals surface area contributed by atoms with Crippen molar-refractivity contribution in [2.75, 3.05) is 4.90 Å². The van der Waals surface area contributed by atoms with E-state index in [1.807, 2.05) is 0 Å². The van der Waals surface area contributed by atoms with Crippen molar-refractivity contribution in [1.82, 2.24) is 0 Å². The Hall–Kier alpha value is -6.46. The van der Waals surface area contributed by atoms with Crippen molar-refractivity contribution < 1.29 is 4.74 Å². The zero-order chi connectivity index (χ0) is 50.0. The number of rotatable bonds is 7. The monoisotopic (exact) mass is 1050 g/mol. The molecule has 2 nitrogen and oxygen atoms in total. The van der Waals surface area contributed by atoms with Crippen molar-refractivity contribution >= 4 is 48.9 Å². The van der Waals surface area contributed by atoms with Gasteiger partial charge in [0.2, 0.25) is 0 Å². The number of aryl methyl sites for hydroxylation is 1. The first-order valence-corrected chi connectivity index (χ1v) is 26.3. The van der Waals surface area contributed by atoms with Gasteiger partial charge in [-0.15, -0.1) is 0 Å². The molecule has 354 valence electrons. The first-order valence-electron chi connectivity index (χ1n) is 24.7. The predicted molar refractivity (Wildman–Crippen MR) is 310 cm³/mol. The van der Waals surface area contributed by atoms with Crippen LogP contribution in [0.3, 0.4) is 0 Å². The lowest BCUT2D eigenvalue weighted by molar-refractivity contribution is 0.476. The standard InChI is InChI=1S/C67H61Br2NO/c1-42-11-13-43(14-12-42)47-31-48(44-15-21-55(22-16-44)65(2,3)4)34-51(33-47)53-37-54(39-60(38-53)70-61-29-27-58(68)40-63(61)71-64-41-59(69)28-30-62(64)70)52-35-49(45-17-23-56(24-18-45)66(5,6)7)32-50(36-52)46-19-25-57(26-20-46)67(8,9)10/h11-41H,1-10H3. The number of fused-ring (bicyclic) bond motifs is 2. The lowest BCUT2D eigenvalue weighted by Crippen LogP contribution is -2.16. The summed E-state index contributed by atoms with van der Waals surface area (Å²) in [5, 5.41) is 0. The first kappa shape index (κ1) is 48.2. The number of hydrogen-bond donors (Lipinski definition) is 0. The summed E-state index contributed by atoms with van der Waals surface area (Å²) in [6.45, 7) is 22.6. The van der Waals surface area contributed by atoms with Crippen molar-refractivity contribution in [3.05, 3.63) is 219 Å². The van der Waals surface area contributed by atoms with Gasteiger partial charge in [0.05, 0.1) is 11.4 Å². The molecular formula is C67H61Br2NO. The molecule has 4 heteroatoms. The Morgan fingerprint density at radius 3 is 0.873 bits per heavy atom. The van der Waals surface area contributed by atoms with E-state index in [-0.39, 0.29) is 16.2 Å². The van der Waals surface area contributed by atoms with E-state index in [9.17, 15) is 0 Å². The minimum absolute atomic E-state index is 0.0482. The number of benzene rings is 9. The second kappa shape index (κ2) is 18.6. The van der Waals surface area contributed by atoms with Crippen LogP contribution >= 0.6 is 31.9 Å². The summed E-state index contributed by atoms with van der Waals surface area (Å²) in [5.74, 6) is 1.56. The molecule has 9 aromatic rings. The fraction of sp³-hybridized carbons (Fsp3) is 0.194. The molecule has 71 heavy (non-hydrogen) atoms. The summed E-state index contributed by atoms with van der Waals surface area (Å²) < 4.78 is 8.58. The van der Waals surface area contributed by atoms with E-state index in [1.165, 1.54) is 66.8 Å². The average Bonchev–Trinajstić information content (AvgIpc) is 3.34. The van der Waals surface area contributed by atoms with Crippen LogP contribution in [0.2, 0.25) is 0 Å². The van der Waals surface area contributed by atoms with E-state index in [0.29, 0.717) is 0 Å². The minimum Gasteiger partial charge on any atom is -0.453 e. The molecule has 0 saturated carbocycles. The van der Waals surface area contributed by atoms with E-state index in [4.69, 9.17) is 4.74 Å². The number of nitrogens with zero attached hydrogens (tertiary/aromatic N) is 1. The van der Waals surface area contributed by atoms with Gasteiger partial charge < -0.3 is 9.64 Å². The van der Waals surface area contributed by atoms with Gasteiger partial charge in [-0.05, 0) is 198 Å². The van der Waals surface area contributed by atoms with Crippen LogP contribution in [-0.4, -0.2) is 0 Å². The second-order valence-electron chi connectivity index (χ2n) is 22.4. The lowest BCUT2D eigenvalue weighted by atomic mass is 9.85. The Morgan fingerprint density at radius 1 is 0.310 bits per heavy atom. The van der Waals surface area contributed by atoms with Gasteiger partial charge in [0.1, 0.15) is 0 Å². The highest BCUT2D eigenvalue weighted by atomic mass is 79.9. The normalized spacial score (nSPS) is 12.6. The summed E-state index contributed by atoms with van der Waals surface area (Å²) in [6.07, 6.45) is 0. The molecule has 0 saturated heterocycles. The number of hydrogen-bond acceptors (Lipinski definition) is 2. The van der Waals surface area contributed by atoms with Gasteiger partial charge in [0, 0.05) is 14.6 Å². The third-order valence-corrected chi connectivity index (χ3v) is 14.9. The van der Waals surface area contributed by atoms with Crippen LogP contribution < -0.4 is 9.64 Å². The van der Waals surface area contributed by atoms with E-state index in [2.05, 4.69) is 294 Å². The molecule has 0 bridgehead atoms. The molecule has 0 amide bonds. The fourth-order valence-electron chi connectivity index (χ4n) is 9.60. The van der Waals surface area contributed by atoms with Crippen LogP contribution in [-0.2, 0) is 16.2 Å². The molecule has 10 rings (SSSR count). The third kappa shape index (κ3) is 10.2. The van der Waals surface area contributed by atoms with E-state index >= 15 is 0 Å². The molecule has 0 fully saturated rings. The maximum Gasteiger partial charge on any atom is 0.152 e. The molecule has 1 aliphatic heterocycles. The Kier molecular flexibility index (Phi) is 12.6. The summed E-state index contributed by atoms with van der Waals surface area (Å²) >= 11 is 7.49. The quantitative estimate of drug-likeness (QED) is 0.158. The van der Waals surface area contributed by atoms with Gasteiger partial charge in [0.25, 0.3) is 0 Å². The van der Waals surface area contributed by atoms with Gasteiger partial charge in [-0.3, -0.25) is 0 Å². The maximum atomic E-state index is 6.67. The molecule has 0 spiro atoms. The Bertz CT molecular complexity index is 3310. The molecule has 0 unspecified atom stereocenters. The highest BCUT2D eigenvalue weighted by Gasteiger charge is 2.28. The topological polar surface area (TPSA) is 12.5 Å². The van der Waals surface area contributed by atoms with Crippen molar-refractivity contribution in [3.8, 4) is 78.3 Å².